The summed E-state index contributed by atoms with van der Waals surface area (Å²) in [5.74, 6) is 0.187. The Morgan fingerprint density at radius 3 is 2.63 bits per heavy atom. The minimum atomic E-state index is -0.406. The van der Waals surface area contributed by atoms with E-state index in [1.165, 1.54) is 0 Å². The van der Waals surface area contributed by atoms with Crippen molar-refractivity contribution >= 4 is 28.9 Å². The lowest BCUT2D eigenvalue weighted by Crippen LogP contribution is -2.49. The summed E-state index contributed by atoms with van der Waals surface area (Å²) in [5.41, 5.74) is 0. The van der Waals surface area contributed by atoms with Crippen molar-refractivity contribution in [2.75, 3.05) is 25.4 Å². The summed E-state index contributed by atoms with van der Waals surface area (Å²) in [6.07, 6.45) is 1.27. The second-order valence-electron chi connectivity index (χ2n) is 4.65. The van der Waals surface area contributed by atoms with E-state index in [4.69, 9.17) is 4.74 Å². The molecule has 106 valence electrons. The van der Waals surface area contributed by atoms with Crippen molar-refractivity contribution in [1.82, 2.24) is 10.2 Å². The van der Waals surface area contributed by atoms with Crippen molar-refractivity contribution in [3.8, 4) is 0 Å². The van der Waals surface area contributed by atoms with Gasteiger partial charge in [-0.2, -0.15) is 0 Å². The molecule has 1 atom stereocenters. The van der Waals surface area contributed by atoms with Gasteiger partial charge < -0.3 is 15.0 Å². The molecule has 2 heterocycles. The molecule has 19 heavy (non-hydrogen) atoms. The number of piperidine rings is 1. The van der Waals surface area contributed by atoms with Crippen LogP contribution in [0.5, 0.6) is 0 Å². The standard InChI is InChI=1S/C12H18N2O4S/c1-2-18-11(16)8-3-5-14(6-4-8)10(15)9-7-19-12(17)13-9/h8-9H,2-7H2,1H3,(H,13,17). The van der Waals surface area contributed by atoms with Crippen LogP contribution in [0.4, 0.5) is 4.79 Å². The van der Waals surface area contributed by atoms with Gasteiger partial charge in [0.1, 0.15) is 6.04 Å². The predicted molar refractivity (Wildman–Crippen MR) is 70.7 cm³/mol. The second kappa shape index (κ2) is 6.27. The van der Waals surface area contributed by atoms with Crippen molar-refractivity contribution in [2.24, 2.45) is 5.92 Å². The van der Waals surface area contributed by atoms with Crippen LogP contribution in [-0.4, -0.2) is 53.5 Å². The van der Waals surface area contributed by atoms with Gasteiger partial charge in [-0.15, -0.1) is 0 Å². The first kappa shape index (κ1) is 14.2. The summed E-state index contributed by atoms with van der Waals surface area (Å²) in [5, 5.41) is 2.51. The Hall–Kier alpha value is -1.24. The fraction of sp³-hybridized carbons (Fsp3) is 0.750. The van der Waals surface area contributed by atoms with Crippen LogP contribution in [0.1, 0.15) is 19.8 Å². The zero-order valence-corrected chi connectivity index (χ0v) is 11.7. The Labute approximate surface area is 116 Å². The molecule has 0 aromatic rings. The lowest BCUT2D eigenvalue weighted by molar-refractivity contribution is -0.151. The molecule has 2 aliphatic heterocycles. The van der Waals surface area contributed by atoms with Gasteiger partial charge >= 0.3 is 5.97 Å². The Bertz CT molecular complexity index is 380. The van der Waals surface area contributed by atoms with Crippen LogP contribution in [0.3, 0.4) is 0 Å². The van der Waals surface area contributed by atoms with E-state index in [9.17, 15) is 14.4 Å². The number of thioether (sulfide) groups is 1. The summed E-state index contributed by atoms with van der Waals surface area (Å²) >= 11 is 1.14. The Morgan fingerprint density at radius 2 is 2.11 bits per heavy atom. The maximum atomic E-state index is 12.1. The van der Waals surface area contributed by atoms with Crippen LogP contribution in [0.15, 0.2) is 0 Å². The molecule has 0 aromatic carbocycles. The molecule has 2 saturated heterocycles. The fourth-order valence-corrected chi connectivity index (χ4v) is 3.10. The molecule has 1 N–H and O–H groups in total. The van der Waals surface area contributed by atoms with Crippen LogP contribution in [0.25, 0.3) is 0 Å². The van der Waals surface area contributed by atoms with E-state index in [2.05, 4.69) is 5.32 Å². The number of nitrogens with one attached hydrogen (secondary N) is 1. The number of carbonyl (C=O) groups is 3. The van der Waals surface area contributed by atoms with Crippen LogP contribution in [0, 0.1) is 5.92 Å². The highest BCUT2D eigenvalue weighted by Gasteiger charge is 2.34. The van der Waals surface area contributed by atoms with Gasteiger partial charge in [-0.1, -0.05) is 11.8 Å². The van der Waals surface area contributed by atoms with E-state index >= 15 is 0 Å². The number of rotatable bonds is 3. The molecule has 2 fully saturated rings. The summed E-state index contributed by atoms with van der Waals surface area (Å²) in [6, 6.07) is -0.406. The van der Waals surface area contributed by atoms with Gasteiger partial charge in [0.2, 0.25) is 5.91 Å². The number of amides is 2. The van der Waals surface area contributed by atoms with Crippen LogP contribution >= 0.6 is 11.8 Å². The largest absolute Gasteiger partial charge is 0.466 e. The molecule has 0 saturated carbocycles. The van der Waals surface area contributed by atoms with Crippen LogP contribution in [0.2, 0.25) is 0 Å². The number of nitrogens with zero attached hydrogens (tertiary/aromatic N) is 1. The maximum Gasteiger partial charge on any atom is 0.309 e. The Kier molecular flexibility index (Phi) is 4.68. The minimum Gasteiger partial charge on any atom is -0.466 e. The number of esters is 1. The first-order valence-corrected chi connectivity index (χ1v) is 7.49. The van der Waals surface area contributed by atoms with Crippen molar-refractivity contribution in [3.05, 3.63) is 0 Å². The first-order valence-electron chi connectivity index (χ1n) is 6.50. The summed E-state index contributed by atoms with van der Waals surface area (Å²) < 4.78 is 4.99. The summed E-state index contributed by atoms with van der Waals surface area (Å²) in [6.45, 7) is 3.29. The van der Waals surface area contributed by atoms with E-state index in [-0.39, 0.29) is 23.0 Å². The van der Waals surface area contributed by atoms with Gasteiger partial charge in [0.05, 0.1) is 12.5 Å². The molecule has 2 rings (SSSR count). The molecule has 1 unspecified atom stereocenters. The molecule has 2 amide bonds. The predicted octanol–water partition coefficient (Wildman–Crippen LogP) is 0.613. The van der Waals surface area contributed by atoms with E-state index in [1.807, 2.05) is 0 Å². The third-order valence-electron chi connectivity index (χ3n) is 3.40. The lowest BCUT2D eigenvalue weighted by Gasteiger charge is -2.32. The third-order valence-corrected chi connectivity index (χ3v) is 4.28. The average Bonchev–Trinajstić information content (AvgIpc) is 2.85. The number of likely N-dealkylation sites (tertiary alicyclic amines) is 1. The smallest absolute Gasteiger partial charge is 0.309 e. The number of hydrogen-bond donors (Lipinski definition) is 1. The average molecular weight is 286 g/mol. The van der Waals surface area contributed by atoms with Gasteiger partial charge in [-0.05, 0) is 19.8 Å². The molecule has 0 bridgehead atoms. The van der Waals surface area contributed by atoms with E-state index in [1.54, 1.807) is 11.8 Å². The zero-order valence-electron chi connectivity index (χ0n) is 10.9. The van der Waals surface area contributed by atoms with E-state index in [0.717, 1.165) is 11.8 Å². The summed E-state index contributed by atoms with van der Waals surface area (Å²) in [4.78, 5) is 36.5. The van der Waals surface area contributed by atoms with E-state index in [0.29, 0.717) is 38.3 Å². The molecule has 0 spiro atoms. The highest BCUT2D eigenvalue weighted by atomic mass is 32.2. The molecule has 6 nitrogen and oxygen atoms in total. The summed E-state index contributed by atoms with van der Waals surface area (Å²) in [7, 11) is 0. The van der Waals surface area contributed by atoms with Gasteiger partial charge in [-0.25, -0.2) is 0 Å². The van der Waals surface area contributed by atoms with Crippen LogP contribution < -0.4 is 5.32 Å². The molecule has 0 aromatic heterocycles. The van der Waals surface area contributed by atoms with Crippen molar-refractivity contribution in [1.29, 1.82) is 0 Å². The molecule has 2 aliphatic rings. The van der Waals surface area contributed by atoms with Crippen molar-refractivity contribution in [3.63, 3.8) is 0 Å². The van der Waals surface area contributed by atoms with Crippen molar-refractivity contribution in [2.45, 2.75) is 25.8 Å². The molecular formula is C12H18N2O4S. The zero-order chi connectivity index (χ0) is 13.8. The molecular weight excluding hydrogens is 268 g/mol. The van der Waals surface area contributed by atoms with Crippen LogP contribution in [-0.2, 0) is 14.3 Å². The SMILES string of the molecule is CCOC(=O)C1CCN(C(=O)C2CSC(=O)N2)CC1. The fourth-order valence-electron chi connectivity index (χ4n) is 2.33. The molecule has 0 radical (unpaired) electrons. The monoisotopic (exact) mass is 286 g/mol. The number of hydrogen-bond acceptors (Lipinski definition) is 5. The highest BCUT2D eigenvalue weighted by Crippen LogP contribution is 2.21. The molecule has 0 aliphatic carbocycles. The van der Waals surface area contributed by atoms with Crippen molar-refractivity contribution < 1.29 is 19.1 Å². The van der Waals surface area contributed by atoms with Gasteiger partial charge in [-0.3, -0.25) is 14.4 Å². The number of ether oxygens (including phenoxy) is 1. The second-order valence-corrected chi connectivity index (χ2v) is 5.64. The minimum absolute atomic E-state index is 0.0411. The Morgan fingerprint density at radius 1 is 1.42 bits per heavy atom. The van der Waals surface area contributed by atoms with Gasteiger partial charge in [0.25, 0.3) is 5.24 Å². The third kappa shape index (κ3) is 3.40. The Balaban J connectivity index is 1.81. The number of carbonyl (C=O) groups excluding carboxylic acids is 3. The molecule has 7 heteroatoms. The first-order chi connectivity index (χ1) is 9.11. The normalized spacial score (nSPS) is 24.2. The lowest BCUT2D eigenvalue weighted by atomic mass is 9.96. The highest BCUT2D eigenvalue weighted by molar-refractivity contribution is 8.14. The van der Waals surface area contributed by atoms with Gasteiger partial charge in [0, 0.05) is 18.8 Å². The quantitative estimate of drug-likeness (QED) is 0.769. The van der Waals surface area contributed by atoms with Gasteiger partial charge in [0.15, 0.2) is 0 Å². The topological polar surface area (TPSA) is 75.7 Å². The van der Waals surface area contributed by atoms with E-state index < -0.39 is 6.04 Å². The maximum absolute atomic E-state index is 12.1.